The SMILES string of the molecule is C/C(=C\N(C)C)[Si](C)(C)C. The molecule has 60 valence electrons. The maximum Gasteiger partial charge on any atom is 0.0739 e. The van der Waals surface area contributed by atoms with Crippen molar-refractivity contribution in [2.75, 3.05) is 14.1 Å². The van der Waals surface area contributed by atoms with E-state index in [2.05, 4.69) is 51.8 Å². The van der Waals surface area contributed by atoms with Gasteiger partial charge in [0.05, 0.1) is 8.07 Å². The van der Waals surface area contributed by atoms with E-state index in [0.717, 1.165) is 0 Å². The van der Waals surface area contributed by atoms with E-state index in [1.54, 1.807) is 5.20 Å². The molecule has 0 bridgehead atoms. The fraction of sp³-hybridized carbons (Fsp3) is 0.750. The van der Waals surface area contributed by atoms with Crippen LogP contribution >= 0.6 is 0 Å². The van der Waals surface area contributed by atoms with E-state index in [1.807, 2.05) is 0 Å². The molecule has 0 fully saturated rings. The first-order valence-corrected chi connectivity index (χ1v) is 7.19. The molecule has 0 aliphatic heterocycles. The molecule has 0 aliphatic carbocycles. The zero-order valence-electron chi connectivity index (χ0n) is 8.02. The molecule has 0 aromatic heterocycles. The largest absolute Gasteiger partial charge is 0.384 e. The molecule has 0 atom stereocenters. The summed E-state index contributed by atoms with van der Waals surface area (Å²) in [5, 5.41) is 1.55. The van der Waals surface area contributed by atoms with Gasteiger partial charge in [-0.3, -0.25) is 0 Å². The van der Waals surface area contributed by atoms with Crippen molar-refractivity contribution >= 4 is 8.07 Å². The summed E-state index contributed by atoms with van der Waals surface area (Å²) >= 11 is 0. The molecule has 0 amide bonds. The Bertz CT molecular complexity index is 131. The predicted molar refractivity (Wildman–Crippen MR) is 50.8 cm³/mol. The van der Waals surface area contributed by atoms with Gasteiger partial charge >= 0.3 is 0 Å². The Balaban J connectivity index is 4.20. The molecule has 0 radical (unpaired) electrons. The van der Waals surface area contributed by atoms with Gasteiger partial charge in [-0.25, -0.2) is 0 Å². The summed E-state index contributed by atoms with van der Waals surface area (Å²) in [7, 11) is 3.14. The lowest BCUT2D eigenvalue weighted by molar-refractivity contribution is 0.561. The second-order valence-corrected chi connectivity index (χ2v) is 9.31. The summed E-state index contributed by atoms with van der Waals surface area (Å²) in [6.45, 7) is 9.32. The van der Waals surface area contributed by atoms with E-state index in [4.69, 9.17) is 0 Å². The highest BCUT2D eigenvalue weighted by molar-refractivity contribution is 6.82. The lowest BCUT2D eigenvalue weighted by atomic mass is 10.6. The van der Waals surface area contributed by atoms with Gasteiger partial charge in [-0.15, -0.1) is 0 Å². The van der Waals surface area contributed by atoms with E-state index in [1.165, 1.54) is 0 Å². The second kappa shape index (κ2) is 3.24. The van der Waals surface area contributed by atoms with Crippen LogP contribution in [0.4, 0.5) is 0 Å². The van der Waals surface area contributed by atoms with Crippen molar-refractivity contribution in [2.45, 2.75) is 26.6 Å². The highest BCUT2D eigenvalue weighted by Gasteiger charge is 2.14. The first-order chi connectivity index (χ1) is 4.34. The van der Waals surface area contributed by atoms with E-state index >= 15 is 0 Å². The van der Waals surface area contributed by atoms with Crippen molar-refractivity contribution in [2.24, 2.45) is 0 Å². The third-order valence-electron chi connectivity index (χ3n) is 1.63. The molecule has 0 heterocycles. The van der Waals surface area contributed by atoms with Gasteiger partial charge in [0, 0.05) is 14.1 Å². The van der Waals surface area contributed by atoms with Gasteiger partial charge in [0.15, 0.2) is 0 Å². The van der Waals surface area contributed by atoms with Crippen molar-refractivity contribution in [1.82, 2.24) is 4.90 Å². The standard InChI is InChI=1S/C8H19NSi/c1-8(7-9(2)3)10(4,5)6/h7H,1-6H3/b8-7+. The van der Waals surface area contributed by atoms with Crippen LogP contribution in [0.2, 0.25) is 19.6 Å². The lowest BCUT2D eigenvalue weighted by Gasteiger charge is -2.19. The van der Waals surface area contributed by atoms with Gasteiger partial charge in [-0.05, 0) is 13.1 Å². The molecule has 0 aliphatic rings. The van der Waals surface area contributed by atoms with Gasteiger partial charge in [0.1, 0.15) is 0 Å². The molecule has 0 N–H and O–H groups in total. The monoisotopic (exact) mass is 157 g/mol. The van der Waals surface area contributed by atoms with Crippen LogP contribution in [-0.2, 0) is 0 Å². The number of allylic oxidation sites excluding steroid dienone is 1. The lowest BCUT2D eigenvalue weighted by Crippen LogP contribution is -2.23. The molecule has 10 heavy (non-hydrogen) atoms. The fourth-order valence-corrected chi connectivity index (χ4v) is 1.23. The van der Waals surface area contributed by atoms with Crippen LogP contribution in [0.3, 0.4) is 0 Å². The van der Waals surface area contributed by atoms with Crippen LogP contribution in [0.5, 0.6) is 0 Å². The van der Waals surface area contributed by atoms with Crippen LogP contribution in [0.1, 0.15) is 6.92 Å². The molecule has 0 saturated heterocycles. The van der Waals surface area contributed by atoms with Crippen LogP contribution < -0.4 is 0 Å². The van der Waals surface area contributed by atoms with Gasteiger partial charge in [0.2, 0.25) is 0 Å². The summed E-state index contributed by atoms with van der Waals surface area (Å²) in [5.41, 5.74) is 0. The second-order valence-electron chi connectivity index (χ2n) is 4.03. The van der Waals surface area contributed by atoms with Gasteiger partial charge in [-0.1, -0.05) is 24.8 Å². The Morgan fingerprint density at radius 3 is 1.70 bits per heavy atom. The summed E-state index contributed by atoms with van der Waals surface area (Å²) in [6, 6.07) is 0. The predicted octanol–water partition coefficient (Wildman–Crippen LogP) is 2.33. The highest BCUT2D eigenvalue weighted by Crippen LogP contribution is 2.12. The Morgan fingerprint density at radius 2 is 1.60 bits per heavy atom. The minimum atomic E-state index is -1.00. The molecule has 0 rings (SSSR count). The third kappa shape index (κ3) is 3.72. The van der Waals surface area contributed by atoms with Crippen LogP contribution in [0.15, 0.2) is 11.4 Å². The van der Waals surface area contributed by atoms with Crippen molar-refractivity contribution < 1.29 is 0 Å². The molecule has 0 spiro atoms. The Kier molecular flexibility index (Phi) is 3.16. The Labute approximate surface area is 65.7 Å². The Hall–Kier alpha value is -0.243. The maximum atomic E-state index is 2.36. The van der Waals surface area contributed by atoms with Crippen molar-refractivity contribution in [1.29, 1.82) is 0 Å². The van der Waals surface area contributed by atoms with Crippen LogP contribution in [-0.4, -0.2) is 27.1 Å². The van der Waals surface area contributed by atoms with E-state index in [0.29, 0.717) is 0 Å². The summed E-state index contributed by atoms with van der Waals surface area (Å²) in [4.78, 5) is 2.12. The summed E-state index contributed by atoms with van der Waals surface area (Å²) in [6.07, 6.45) is 2.23. The number of hydrogen-bond donors (Lipinski definition) is 0. The molecule has 1 nitrogen and oxygen atoms in total. The average Bonchev–Trinajstić information content (AvgIpc) is 1.60. The average molecular weight is 157 g/mol. The summed E-state index contributed by atoms with van der Waals surface area (Å²) in [5.74, 6) is 0. The van der Waals surface area contributed by atoms with Gasteiger partial charge < -0.3 is 4.90 Å². The number of hydrogen-bond acceptors (Lipinski definition) is 1. The fourth-order valence-electron chi connectivity index (χ4n) is 0.581. The first kappa shape index (κ1) is 9.76. The van der Waals surface area contributed by atoms with Gasteiger partial charge in [0.25, 0.3) is 0 Å². The molecule has 0 unspecified atom stereocenters. The van der Waals surface area contributed by atoms with E-state index < -0.39 is 8.07 Å². The van der Waals surface area contributed by atoms with Crippen molar-refractivity contribution in [3.63, 3.8) is 0 Å². The topological polar surface area (TPSA) is 3.24 Å². The summed E-state index contributed by atoms with van der Waals surface area (Å²) < 4.78 is 0. The third-order valence-corrected chi connectivity index (χ3v) is 4.13. The van der Waals surface area contributed by atoms with Crippen LogP contribution in [0.25, 0.3) is 0 Å². The minimum Gasteiger partial charge on any atom is -0.384 e. The molecule has 0 aromatic carbocycles. The normalized spacial score (nSPS) is 13.6. The van der Waals surface area contributed by atoms with Crippen molar-refractivity contribution in [3.8, 4) is 0 Å². The maximum absolute atomic E-state index is 2.36. The zero-order valence-corrected chi connectivity index (χ0v) is 9.02. The molecule has 0 saturated carbocycles. The molecule has 0 aromatic rings. The van der Waals surface area contributed by atoms with Crippen LogP contribution in [0, 0.1) is 0 Å². The minimum absolute atomic E-state index is 1.00. The van der Waals surface area contributed by atoms with Crippen molar-refractivity contribution in [3.05, 3.63) is 11.4 Å². The molecule has 2 heteroatoms. The molecular formula is C8H19NSi. The van der Waals surface area contributed by atoms with E-state index in [-0.39, 0.29) is 0 Å². The highest BCUT2D eigenvalue weighted by atomic mass is 28.3. The quantitative estimate of drug-likeness (QED) is 0.556. The first-order valence-electron chi connectivity index (χ1n) is 3.69. The van der Waals surface area contributed by atoms with E-state index in [9.17, 15) is 0 Å². The smallest absolute Gasteiger partial charge is 0.0739 e. The van der Waals surface area contributed by atoms with Gasteiger partial charge in [-0.2, -0.15) is 0 Å². The molecular weight excluding hydrogens is 138 g/mol. The number of rotatable bonds is 2. The zero-order chi connectivity index (χ0) is 8.36. The number of nitrogens with zero attached hydrogens (tertiary/aromatic N) is 1. The Morgan fingerprint density at radius 1 is 1.20 bits per heavy atom.